The number of likely N-dealkylation sites (N-methyl/N-ethyl adjacent to an activating group) is 1. The lowest BCUT2D eigenvalue weighted by molar-refractivity contribution is 0.354. The van der Waals surface area contributed by atoms with Crippen LogP contribution in [0.5, 0.6) is 11.5 Å². The molecule has 2 rings (SSSR count). The summed E-state index contributed by atoms with van der Waals surface area (Å²) in [6.07, 6.45) is 5.49. The number of benzene rings is 1. The minimum atomic E-state index is 0. The highest BCUT2D eigenvalue weighted by atomic mass is 127. The zero-order valence-corrected chi connectivity index (χ0v) is 18.8. The van der Waals surface area contributed by atoms with Gasteiger partial charge in [0.15, 0.2) is 17.5 Å². The van der Waals surface area contributed by atoms with E-state index in [1.165, 1.54) is 11.1 Å². The maximum atomic E-state index is 5.37. The number of hydrogen-bond donors (Lipinski definition) is 1. The summed E-state index contributed by atoms with van der Waals surface area (Å²) in [6, 6.07) is 10.1. The van der Waals surface area contributed by atoms with Crippen LogP contribution in [0.2, 0.25) is 0 Å². The van der Waals surface area contributed by atoms with Gasteiger partial charge in [-0.25, -0.2) is 0 Å². The fourth-order valence-electron chi connectivity index (χ4n) is 2.69. The lowest BCUT2D eigenvalue weighted by Gasteiger charge is -2.22. The number of nitrogens with one attached hydrogen (secondary N) is 1. The molecule has 0 aliphatic carbocycles. The minimum Gasteiger partial charge on any atom is -0.493 e. The molecule has 0 amide bonds. The number of hydrogen-bond acceptors (Lipinski definition) is 4. The van der Waals surface area contributed by atoms with Crippen molar-refractivity contribution in [1.29, 1.82) is 0 Å². The summed E-state index contributed by atoms with van der Waals surface area (Å²) >= 11 is 0. The minimum absolute atomic E-state index is 0. The Morgan fingerprint density at radius 2 is 1.89 bits per heavy atom. The van der Waals surface area contributed by atoms with Gasteiger partial charge in [0.25, 0.3) is 0 Å². The molecule has 1 heterocycles. The van der Waals surface area contributed by atoms with Crippen molar-refractivity contribution in [1.82, 2.24) is 15.2 Å². The van der Waals surface area contributed by atoms with Crippen LogP contribution in [-0.4, -0.2) is 57.2 Å². The van der Waals surface area contributed by atoms with Gasteiger partial charge < -0.3 is 19.7 Å². The summed E-state index contributed by atoms with van der Waals surface area (Å²) < 4.78 is 10.7. The third-order valence-corrected chi connectivity index (χ3v) is 4.18. The van der Waals surface area contributed by atoms with E-state index in [-0.39, 0.29) is 24.0 Å². The predicted molar refractivity (Wildman–Crippen MR) is 121 cm³/mol. The van der Waals surface area contributed by atoms with Gasteiger partial charge >= 0.3 is 0 Å². The van der Waals surface area contributed by atoms with Gasteiger partial charge in [0.05, 0.1) is 14.2 Å². The highest BCUT2D eigenvalue weighted by molar-refractivity contribution is 14.0. The first-order valence-electron chi connectivity index (χ1n) is 8.69. The number of ether oxygens (including phenoxy) is 2. The van der Waals surface area contributed by atoms with Crippen molar-refractivity contribution in [3.05, 3.63) is 53.9 Å². The molecule has 0 fully saturated rings. The van der Waals surface area contributed by atoms with Crippen LogP contribution in [0, 0.1) is 0 Å². The summed E-state index contributed by atoms with van der Waals surface area (Å²) in [5.41, 5.74) is 2.41. The average molecular weight is 484 g/mol. The molecule has 27 heavy (non-hydrogen) atoms. The molecule has 0 atom stereocenters. The lowest BCUT2D eigenvalue weighted by atomic mass is 10.1. The van der Waals surface area contributed by atoms with Crippen LogP contribution in [0.25, 0.3) is 0 Å². The van der Waals surface area contributed by atoms with E-state index < -0.39 is 0 Å². The van der Waals surface area contributed by atoms with E-state index >= 15 is 0 Å². The molecule has 1 N–H and O–H groups in total. The van der Waals surface area contributed by atoms with Crippen molar-refractivity contribution in [2.75, 3.05) is 41.4 Å². The lowest BCUT2D eigenvalue weighted by Crippen LogP contribution is -2.40. The molecule has 7 heteroatoms. The molecule has 0 radical (unpaired) electrons. The number of aromatic nitrogens is 1. The quantitative estimate of drug-likeness (QED) is 0.355. The molecule has 0 aliphatic heterocycles. The average Bonchev–Trinajstić information content (AvgIpc) is 2.70. The summed E-state index contributed by atoms with van der Waals surface area (Å²) in [6.45, 7) is 1.67. The van der Waals surface area contributed by atoms with E-state index in [4.69, 9.17) is 9.47 Å². The second kappa shape index (κ2) is 12.4. The van der Waals surface area contributed by atoms with Crippen molar-refractivity contribution in [2.24, 2.45) is 4.99 Å². The van der Waals surface area contributed by atoms with Gasteiger partial charge in [0, 0.05) is 39.6 Å². The van der Waals surface area contributed by atoms with E-state index in [1.807, 2.05) is 31.4 Å². The number of halogens is 1. The number of nitrogens with zero attached hydrogens (tertiary/aromatic N) is 3. The normalized spacial score (nSPS) is 10.7. The van der Waals surface area contributed by atoms with Crippen LogP contribution in [0.4, 0.5) is 0 Å². The number of methoxy groups -OCH3 is 2. The Balaban J connectivity index is 0.00000364. The molecule has 1 aromatic heterocycles. The molecule has 6 nitrogen and oxygen atoms in total. The summed E-state index contributed by atoms with van der Waals surface area (Å²) in [5.74, 6) is 2.39. The van der Waals surface area contributed by atoms with E-state index in [2.05, 4.69) is 32.3 Å². The van der Waals surface area contributed by atoms with E-state index in [9.17, 15) is 0 Å². The third-order valence-electron chi connectivity index (χ3n) is 4.18. The number of pyridine rings is 1. The van der Waals surface area contributed by atoms with Gasteiger partial charge in [-0.1, -0.05) is 12.1 Å². The fourth-order valence-corrected chi connectivity index (χ4v) is 2.69. The van der Waals surface area contributed by atoms with Crippen molar-refractivity contribution in [2.45, 2.75) is 12.8 Å². The van der Waals surface area contributed by atoms with Crippen molar-refractivity contribution >= 4 is 29.9 Å². The highest BCUT2D eigenvalue weighted by Gasteiger charge is 2.08. The van der Waals surface area contributed by atoms with Crippen molar-refractivity contribution in [3.8, 4) is 11.5 Å². The van der Waals surface area contributed by atoms with E-state index in [0.29, 0.717) is 0 Å². The molecule has 0 spiro atoms. The Hall–Kier alpha value is -2.03. The van der Waals surface area contributed by atoms with Gasteiger partial charge in [0.1, 0.15) is 0 Å². The van der Waals surface area contributed by atoms with Gasteiger partial charge in [-0.2, -0.15) is 0 Å². The van der Waals surface area contributed by atoms with E-state index in [0.717, 1.165) is 43.4 Å². The summed E-state index contributed by atoms with van der Waals surface area (Å²) in [5, 5.41) is 3.40. The van der Waals surface area contributed by atoms with Gasteiger partial charge in [-0.3, -0.25) is 9.98 Å². The van der Waals surface area contributed by atoms with E-state index in [1.54, 1.807) is 27.5 Å². The van der Waals surface area contributed by atoms with Crippen LogP contribution >= 0.6 is 24.0 Å². The highest BCUT2D eigenvalue weighted by Crippen LogP contribution is 2.27. The molecule has 148 valence electrons. The zero-order chi connectivity index (χ0) is 18.8. The Morgan fingerprint density at radius 1 is 1.11 bits per heavy atom. The number of rotatable bonds is 8. The summed E-state index contributed by atoms with van der Waals surface area (Å²) in [7, 11) is 7.15. The van der Waals surface area contributed by atoms with Gasteiger partial charge in [-0.05, 0) is 42.2 Å². The Kier molecular flexibility index (Phi) is 10.5. The van der Waals surface area contributed by atoms with Crippen LogP contribution in [0.15, 0.2) is 47.7 Å². The molecule has 2 aromatic rings. The standard InChI is InChI=1S/C20H28N4O2.HI/c1-21-20(23-12-9-17-6-5-11-22-15-17)24(2)13-10-16-7-8-18(25-3)19(14-16)26-4;/h5-8,11,14-15H,9-10,12-13H2,1-4H3,(H,21,23);1H. The smallest absolute Gasteiger partial charge is 0.193 e. The Morgan fingerprint density at radius 3 is 2.52 bits per heavy atom. The maximum Gasteiger partial charge on any atom is 0.193 e. The number of guanidine groups is 1. The summed E-state index contributed by atoms with van der Waals surface area (Å²) in [4.78, 5) is 10.6. The monoisotopic (exact) mass is 484 g/mol. The van der Waals surface area contributed by atoms with Gasteiger partial charge in [-0.15, -0.1) is 24.0 Å². The van der Waals surface area contributed by atoms with Gasteiger partial charge in [0.2, 0.25) is 0 Å². The van der Waals surface area contributed by atoms with Crippen LogP contribution in [-0.2, 0) is 12.8 Å². The molecule has 0 unspecified atom stereocenters. The molecule has 1 aromatic carbocycles. The molecular formula is C20H29IN4O2. The van der Waals surface area contributed by atoms with Crippen molar-refractivity contribution in [3.63, 3.8) is 0 Å². The molecular weight excluding hydrogens is 455 g/mol. The SMILES string of the molecule is CN=C(NCCc1cccnc1)N(C)CCc1ccc(OC)c(OC)c1.I. The molecule has 0 bridgehead atoms. The third kappa shape index (κ3) is 7.24. The topological polar surface area (TPSA) is 59.0 Å². The first kappa shape index (κ1) is 23.0. The first-order valence-corrected chi connectivity index (χ1v) is 8.69. The van der Waals surface area contributed by atoms with Crippen LogP contribution < -0.4 is 14.8 Å². The van der Waals surface area contributed by atoms with Crippen molar-refractivity contribution < 1.29 is 9.47 Å². The number of aliphatic imine (C=N–C) groups is 1. The fraction of sp³-hybridized carbons (Fsp3) is 0.400. The predicted octanol–water partition coefficient (Wildman–Crippen LogP) is 3.01. The maximum absolute atomic E-state index is 5.37. The zero-order valence-electron chi connectivity index (χ0n) is 16.4. The van der Waals surface area contributed by atoms with Crippen LogP contribution in [0.3, 0.4) is 0 Å². The second-order valence-electron chi connectivity index (χ2n) is 5.95. The second-order valence-corrected chi connectivity index (χ2v) is 5.95. The molecule has 0 saturated carbocycles. The largest absolute Gasteiger partial charge is 0.493 e. The first-order chi connectivity index (χ1) is 12.7. The Labute approximate surface area is 179 Å². The Bertz CT molecular complexity index is 710. The molecule has 0 aliphatic rings. The van der Waals surface area contributed by atoms with Crippen LogP contribution in [0.1, 0.15) is 11.1 Å². The molecule has 0 saturated heterocycles.